The first-order valence-electron chi connectivity index (χ1n) is 6.30. The molecule has 1 aromatic heterocycles. The molecule has 0 unspecified atom stereocenters. The Kier molecular flexibility index (Phi) is 4.16. The van der Waals surface area contributed by atoms with Crippen LogP contribution in [0.15, 0.2) is 18.7 Å². The van der Waals surface area contributed by atoms with Crippen LogP contribution in [0, 0.1) is 23.3 Å². The number of benzene rings is 1. The van der Waals surface area contributed by atoms with Gasteiger partial charge >= 0.3 is 0 Å². The molecule has 0 aliphatic rings. The number of rotatable bonds is 4. The molecule has 1 heterocycles. The van der Waals surface area contributed by atoms with E-state index in [9.17, 15) is 27.8 Å². The molecule has 3 nitrogen and oxygen atoms in total. The summed E-state index contributed by atoms with van der Waals surface area (Å²) in [5.74, 6) is -7.04. The monoisotopic (exact) mass is 315 g/mol. The zero-order valence-corrected chi connectivity index (χ0v) is 11.6. The third-order valence-corrected chi connectivity index (χ3v) is 3.41. The lowest BCUT2D eigenvalue weighted by molar-refractivity contribution is 0.384. The molecule has 0 saturated heterocycles. The van der Waals surface area contributed by atoms with Crippen molar-refractivity contribution in [2.24, 2.45) is 7.05 Å². The Labute approximate surface area is 123 Å². The molecule has 0 spiro atoms. The SMILES string of the molecule is C=CCc1c(F)c(F)c(F)c(Cc2cc(O)n(C)c2O)c1F. The highest BCUT2D eigenvalue weighted by atomic mass is 19.2. The summed E-state index contributed by atoms with van der Waals surface area (Å²) < 4.78 is 56.2. The molecule has 118 valence electrons. The van der Waals surface area contributed by atoms with E-state index in [1.54, 1.807) is 0 Å². The molecule has 1 aromatic carbocycles. The van der Waals surface area contributed by atoms with Crippen LogP contribution in [0.3, 0.4) is 0 Å². The Morgan fingerprint density at radius 1 is 1.05 bits per heavy atom. The average Bonchev–Trinajstić information content (AvgIpc) is 2.73. The maximum Gasteiger partial charge on any atom is 0.197 e. The highest BCUT2D eigenvalue weighted by Crippen LogP contribution is 2.32. The smallest absolute Gasteiger partial charge is 0.197 e. The van der Waals surface area contributed by atoms with Crippen molar-refractivity contribution in [3.63, 3.8) is 0 Å². The Balaban J connectivity index is 2.59. The molecule has 0 aliphatic heterocycles. The van der Waals surface area contributed by atoms with Crippen LogP contribution in [0.4, 0.5) is 17.6 Å². The second-order valence-electron chi connectivity index (χ2n) is 4.79. The Morgan fingerprint density at radius 3 is 2.14 bits per heavy atom. The van der Waals surface area contributed by atoms with Crippen molar-refractivity contribution >= 4 is 0 Å². The predicted molar refractivity (Wildman–Crippen MR) is 71.7 cm³/mol. The number of allylic oxidation sites excluding steroid dienone is 1. The third-order valence-electron chi connectivity index (χ3n) is 3.41. The number of hydrogen-bond acceptors (Lipinski definition) is 2. The second kappa shape index (κ2) is 5.75. The van der Waals surface area contributed by atoms with Gasteiger partial charge in [-0.1, -0.05) is 6.08 Å². The zero-order chi connectivity index (χ0) is 16.6. The Hall–Kier alpha value is -2.44. The molecule has 2 N–H and O–H groups in total. The van der Waals surface area contributed by atoms with Crippen molar-refractivity contribution in [2.75, 3.05) is 0 Å². The van der Waals surface area contributed by atoms with Crippen LogP contribution in [0.5, 0.6) is 11.8 Å². The fourth-order valence-electron chi connectivity index (χ4n) is 2.18. The van der Waals surface area contributed by atoms with E-state index in [1.165, 1.54) is 7.05 Å². The zero-order valence-electron chi connectivity index (χ0n) is 11.6. The summed E-state index contributed by atoms with van der Waals surface area (Å²) >= 11 is 0. The van der Waals surface area contributed by atoms with E-state index in [2.05, 4.69) is 6.58 Å². The summed E-state index contributed by atoms with van der Waals surface area (Å²) in [5.41, 5.74) is -1.38. The normalized spacial score (nSPS) is 11.0. The van der Waals surface area contributed by atoms with Gasteiger partial charge in [-0.2, -0.15) is 0 Å². The van der Waals surface area contributed by atoms with Crippen LogP contribution in [-0.4, -0.2) is 14.8 Å². The largest absolute Gasteiger partial charge is 0.494 e. The summed E-state index contributed by atoms with van der Waals surface area (Å²) in [7, 11) is 1.33. The maximum atomic E-state index is 14.2. The van der Waals surface area contributed by atoms with Gasteiger partial charge in [0.15, 0.2) is 29.2 Å². The molecule has 2 rings (SSSR count). The second-order valence-corrected chi connectivity index (χ2v) is 4.79. The summed E-state index contributed by atoms with van der Waals surface area (Å²) in [6.07, 6.45) is 0.307. The first-order chi connectivity index (χ1) is 10.3. The van der Waals surface area contributed by atoms with E-state index < -0.39 is 46.7 Å². The van der Waals surface area contributed by atoms with Gasteiger partial charge in [-0.15, -0.1) is 6.58 Å². The van der Waals surface area contributed by atoms with E-state index in [0.29, 0.717) is 0 Å². The first kappa shape index (κ1) is 15.9. The molecule has 0 aliphatic carbocycles. The Bertz CT molecular complexity index is 753. The van der Waals surface area contributed by atoms with Gasteiger partial charge < -0.3 is 10.2 Å². The van der Waals surface area contributed by atoms with Gasteiger partial charge in [-0.3, -0.25) is 4.57 Å². The van der Waals surface area contributed by atoms with Crippen molar-refractivity contribution < 1.29 is 27.8 Å². The van der Waals surface area contributed by atoms with Crippen LogP contribution in [-0.2, 0) is 19.9 Å². The van der Waals surface area contributed by atoms with E-state index in [1.807, 2.05) is 0 Å². The molecule has 0 radical (unpaired) electrons. The summed E-state index contributed by atoms with van der Waals surface area (Å²) in [6, 6.07) is 1.09. The molecule has 22 heavy (non-hydrogen) atoms. The molecule has 0 saturated carbocycles. The lowest BCUT2D eigenvalue weighted by atomic mass is 10.00. The summed E-state index contributed by atoms with van der Waals surface area (Å²) in [4.78, 5) is 0. The van der Waals surface area contributed by atoms with Crippen LogP contribution in [0.2, 0.25) is 0 Å². The molecule has 0 bridgehead atoms. The average molecular weight is 315 g/mol. The van der Waals surface area contributed by atoms with Crippen molar-refractivity contribution in [3.05, 3.63) is 58.7 Å². The van der Waals surface area contributed by atoms with E-state index in [4.69, 9.17) is 0 Å². The van der Waals surface area contributed by atoms with Crippen molar-refractivity contribution in [3.8, 4) is 11.8 Å². The standard InChI is InChI=1S/C15H13F4NO2/c1-3-4-8-11(16)9(13(18)14(19)12(8)17)5-7-6-10(21)20(2)15(7)22/h3,6,21-22H,1,4-5H2,2H3. The van der Waals surface area contributed by atoms with Gasteiger partial charge in [0.2, 0.25) is 0 Å². The van der Waals surface area contributed by atoms with Crippen molar-refractivity contribution in [1.29, 1.82) is 0 Å². The number of hydrogen-bond donors (Lipinski definition) is 2. The quantitative estimate of drug-likeness (QED) is 0.393. The van der Waals surface area contributed by atoms with Crippen molar-refractivity contribution in [1.82, 2.24) is 4.57 Å². The van der Waals surface area contributed by atoms with Crippen LogP contribution in [0.1, 0.15) is 16.7 Å². The fourth-order valence-corrected chi connectivity index (χ4v) is 2.18. The van der Waals surface area contributed by atoms with Gasteiger partial charge in [-0.05, 0) is 6.42 Å². The number of aromatic hydroxyl groups is 2. The number of aromatic nitrogens is 1. The topological polar surface area (TPSA) is 45.4 Å². The van der Waals surface area contributed by atoms with E-state index in [-0.39, 0.29) is 17.9 Å². The van der Waals surface area contributed by atoms with E-state index in [0.717, 1.165) is 16.7 Å². The molecular weight excluding hydrogens is 302 g/mol. The molecule has 7 heteroatoms. The van der Waals surface area contributed by atoms with Gasteiger partial charge in [0.1, 0.15) is 5.82 Å². The van der Waals surface area contributed by atoms with Gasteiger partial charge in [0, 0.05) is 36.2 Å². The minimum atomic E-state index is -1.78. The number of halogens is 4. The third kappa shape index (κ3) is 2.43. The molecular formula is C15H13F4NO2. The predicted octanol–water partition coefficient (Wildman–Crippen LogP) is 3.31. The van der Waals surface area contributed by atoms with Crippen LogP contribution < -0.4 is 0 Å². The van der Waals surface area contributed by atoms with Gasteiger partial charge in [0.05, 0.1) is 0 Å². The van der Waals surface area contributed by atoms with Gasteiger partial charge in [0.25, 0.3) is 0 Å². The summed E-state index contributed by atoms with van der Waals surface area (Å²) in [5, 5.41) is 19.2. The molecule has 0 atom stereocenters. The highest BCUT2D eigenvalue weighted by Gasteiger charge is 2.26. The highest BCUT2D eigenvalue weighted by molar-refractivity contribution is 5.41. The van der Waals surface area contributed by atoms with Crippen LogP contribution >= 0.6 is 0 Å². The van der Waals surface area contributed by atoms with Gasteiger partial charge in [-0.25, -0.2) is 17.6 Å². The van der Waals surface area contributed by atoms with E-state index >= 15 is 0 Å². The Morgan fingerprint density at radius 2 is 1.64 bits per heavy atom. The lowest BCUT2D eigenvalue weighted by Crippen LogP contribution is -2.09. The minimum Gasteiger partial charge on any atom is -0.494 e. The fraction of sp³-hybridized carbons (Fsp3) is 0.200. The van der Waals surface area contributed by atoms with Crippen LogP contribution in [0.25, 0.3) is 0 Å². The molecule has 0 fully saturated rings. The minimum absolute atomic E-state index is 0.0200. The molecule has 0 amide bonds. The number of nitrogens with zero attached hydrogens (tertiary/aromatic N) is 1. The lowest BCUT2D eigenvalue weighted by Gasteiger charge is -2.11. The van der Waals surface area contributed by atoms with Crippen molar-refractivity contribution in [2.45, 2.75) is 12.8 Å². The summed E-state index contributed by atoms with van der Waals surface area (Å²) in [6.45, 7) is 3.31. The maximum absolute atomic E-state index is 14.2. The first-order valence-corrected chi connectivity index (χ1v) is 6.30. The molecule has 2 aromatic rings.